The summed E-state index contributed by atoms with van der Waals surface area (Å²) in [5.74, 6) is 0.911. The van der Waals surface area contributed by atoms with Gasteiger partial charge in [-0.2, -0.15) is 4.57 Å². The van der Waals surface area contributed by atoms with Crippen LogP contribution in [-0.4, -0.2) is 20.2 Å². The van der Waals surface area contributed by atoms with Crippen molar-refractivity contribution in [1.82, 2.24) is 0 Å². The minimum atomic E-state index is 0. The molecule has 3 nitrogen and oxygen atoms in total. The highest BCUT2D eigenvalue weighted by Gasteiger charge is 2.21. The predicted molar refractivity (Wildman–Crippen MR) is 118 cm³/mol. The van der Waals surface area contributed by atoms with Gasteiger partial charge in [-0.05, 0) is 38.1 Å². The predicted octanol–water partition coefficient (Wildman–Crippen LogP) is 2.34. The Labute approximate surface area is 183 Å². The summed E-state index contributed by atoms with van der Waals surface area (Å²) in [5.41, 5.74) is 5.98. The van der Waals surface area contributed by atoms with Crippen LogP contribution >= 0.6 is 0 Å². The number of rotatable bonds is 5. The van der Waals surface area contributed by atoms with Crippen LogP contribution in [0.1, 0.15) is 13.8 Å². The van der Waals surface area contributed by atoms with Crippen molar-refractivity contribution in [2.45, 2.75) is 13.8 Å². The Hall–Kier alpha value is -2.59. The van der Waals surface area contributed by atoms with E-state index in [0.717, 1.165) is 24.4 Å². The number of hydrogen-bond donors (Lipinski definition) is 0. The van der Waals surface area contributed by atoms with E-state index in [-0.39, 0.29) is 17.0 Å². The van der Waals surface area contributed by atoms with E-state index in [1.54, 1.807) is 7.11 Å². The normalized spacial score (nSPS) is 10.8. The molecule has 0 saturated carbocycles. The van der Waals surface area contributed by atoms with Gasteiger partial charge in [0.05, 0.1) is 17.9 Å². The quantitative estimate of drug-likeness (QED) is 0.342. The number of benzene rings is 3. The van der Waals surface area contributed by atoms with Gasteiger partial charge in [0.1, 0.15) is 12.8 Å². The molecule has 0 spiro atoms. The van der Waals surface area contributed by atoms with E-state index >= 15 is 0 Å². The zero-order valence-corrected chi connectivity index (χ0v) is 19.0. The number of para-hydroxylation sites is 2. The molecule has 0 saturated heterocycles. The van der Waals surface area contributed by atoms with Crippen molar-refractivity contribution in [3.05, 3.63) is 66.7 Å². The first-order valence-electron chi connectivity index (χ1n) is 9.92. The molecular formula is C25H27BrN2O. The molecule has 0 bridgehead atoms. The van der Waals surface area contributed by atoms with Crippen LogP contribution in [0.5, 0.6) is 5.75 Å². The molecule has 4 aromatic rings. The molecule has 1 heterocycles. The average molecular weight is 451 g/mol. The highest BCUT2D eigenvalue weighted by molar-refractivity contribution is 6.08. The van der Waals surface area contributed by atoms with Crippen LogP contribution in [0.25, 0.3) is 32.9 Å². The molecule has 3 aromatic carbocycles. The molecule has 0 atom stereocenters. The van der Waals surface area contributed by atoms with Gasteiger partial charge in [-0.25, -0.2) is 0 Å². The third-order valence-electron chi connectivity index (χ3n) is 5.65. The third kappa shape index (κ3) is 3.58. The maximum atomic E-state index is 5.87. The monoisotopic (exact) mass is 450 g/mol. The van der Waals surface area contributed by atoms with Crippen LogP contribution in [-0.2, 0) is 7.05 Å². The lowest BCUT2D eigenvalue weighted by Crippen LogP contribution is -3.00. The first kappa shape index (κ1) is 21.1. The second kappa shape index (κ2) is 8.83. The smallest absolute Gasteiger partial charge is 0.213 e. The van der Waals surface area contributed by atoms with Crippen LogP contribution < -0.4 is 31.2 Å². The van der Waals surface area contributed by atoms with E-state index in [1.165, 1.54) is 33.1 Å². The molecule has 150 valence electrons. The summed E-state index contributed by atoms with van der Waals surface area (Å²) in [4.78, 5) is 2.34. The number of aromatic nitrogens is 1. The molecule has 0 radical (unpaired) electrons. The Balaban J connectivity index is 0.00000240. The second-order valence-electron chi connectivity index (χ2n) is 7.03. The lowest BCUT2D eigenvalue weighted by molar-refractivity contribution is -0.617. The van der Waals surface area contributed by atoms with Crippen LogP contribution in [0.15, 0.2) is 66.7 Å². The topological polar surface area (TPSA) is 16.4 Å². The van der Waals surface area contributed by atoms with E-state index < -0.39 is 0 Å². The van der Waals surface area contributed by atoms with E-state index in [2.05, 4.69) is 97.1 Å². The fourth-order valence-corrected chi connectivity index (χ4v) is 4.19. The van der Waals surface area contributed by atoms with Crippen molar-refractivity contribution in [3.63, 3.8) is 0 Å². The van der Waals surface area contributed by atoms with E-state index in [9.17, 15) is 0 Å². The van der Waals surface area contributed by atoms with Gasteiger partial charge >= 0.3 is 0 Å². The van der Waals surface area contributed by atoms with Crippen molar-refractivity contribution in [2.75, 3.05) is 25.1 Å². The van der Waals surface area contributed by atoms with Gasteiger partial charge in [0.2, 0.25) is 11.0 Å². The maximum absolute atomic E-state index is 5.87. The number of ether oxygens (including phenoxy) is 1. The number of methoxy groups -OCH3 is 1. The number of halogens is 1. The number of anilines is 1. The Morgan fingerprint density at radius 1 is 0.828 bits per heavy atom. The van der Waals surface area contributed by atoms with E-state index in [4.69, 9.17) is 4.74 Å². The van der Waals surface area contributed by atoms with Crippen LogP contribution in [0, 0.1) is 0 Å². The van der Waals surface area contributed by atoms with Crippen molar-refractivity contribution in [1.29, 1.82) is 0 Å². The molecule has 0 N–H and O–H groups in total. The van der Waals surface area contributed by atoms with E-state index in [0.29, 0.717) is 0 Å². The van der Waals surface area contributed by atoms with Gasteiger partial charge in [-0.15, -0.1) is 0 Å². The number of nitrogens with zero attached hydrogens (tertiary/aromatic N) is 2. The lowest BCUT2D eigenvalue weighted by atomic mass is 9.94. The molecule has 4 heteroatoms. The molecule has 0 aliphatic heterocycles. The molecule has 1 aromatic heterocycles. The number of hydrogen-bond acceptors (Lipinski definition) is 2. The molecule has 4 rings (SSSR count). The summed E-state index contributed by atoms with van der Waals surface area (Å²) in [6, 6.07) is 23.8. The molecule has 0 fully saturated rings. The van der Waals surface area contributed by atoms with E-state index in [1.807, 2.05) is 0 Å². The van der Waals surface area contributed by atoms with Gasteiger partial charge in [-0.3, -0.25) is 0 Å². The third-order valence-corrected chi connectivity index (χ3v) is 5.65. The largest absolute Gasteiger partial charge is 1.00 e. The zero-order valence-electron chi connectivity index (χ0n) is 17.4. The van der Waals surface area contributed by atoms with Crippen molar-refractivity contribution < 1.29 is 26.3 Å². The van der Waals surface area contributed by atoms with Crippen molar-refractivity contribution in [2.24, 2.45) is 7.05 Å². The highest BCUT2D eigenvalue weighted by Crippen LogP contribution is 2.40. The summed E-state index contributed by atoms with van der Waals surface area (Å²) in [6.45, 7) is 6.32. The van der Waals surface area contributed by atoms with Gasteiger partial charge in [0.15, 0.2) is 0 Å². The number of aryl methyl sites for hydroxylation is 1. The van der Waals surface area contributed by atoms with Crippen molar-refractivity contribution >= 4 is 27.5 Å². The number of fused-ring (bicyclic) bond motifs is 2. The fourth-order valence-electron chi connectivity index (χ4n) is 4.19. The Bertz CT molecular complexity index is 1100. The summed E-state index contributed by atoms with van der Waals surface area (Å²) < 4.78 is 8.14. The Kier molecular flexibility index (Phi) is 6.43. The maximum Gasteiger partial charge on any atom is 0.213 e. The van der Waals surface area contributed by atoms with Crippen LogP contribution in [0.4, 0.5) is 5.69 Å². The van der Waals surface area contributed by atoms with Crippen molar-refractivity contribution in [3.8, 4) is 16.9 Å². The molecular weight excluding hydrogens is 424 g/mol. The van der Waals surface area contributed by atoms with Gasteiger partial charge in [0, 0.05) is 48.1 Å². The first-order valence-corrected chi connectivity index (χ1v) is 9.92. The molecule has 0 unspecified atom stereocenters. The van der Waals surface area contributed by atoms with Crippen LogP contribution in [0.3, 0.4) is 0 Å². The summed E-state index contributed by atoms with van der Waals surface area (Å²) in [7, 11) is 3.90. The standard InChI is InChI=1S/C25H27N2O.BrH/c1-5-27(6-2)18-15-16-21(24(17-18)28-4)25-19-11-7-9-13-22(19)26(3)23-14-10-8-12-20(23)25;/h7-17H,5-6H2,1-4H3;1H/q+1;/p-1. The van der Waals surface area contributed by atoms with Gasteiger partial charge in [-0.1, -0.05) is 24.3 Å². The Morgan fingerprint density at radius 3 is 1.90 bits per heavy atom. The summed E-state index contributed by atoms with van der Waals surface area (Å²) in [6.07, 6.45) is 0. The lowest BCUT2D eigenvalue weighted by Gasteiger charge is -2.23. The summed E-state index contributed by atoms with van der Waals surface area (Å²) >= 11 is 0. The molecule has 0 amide bonds. The molecule has 0 aliphatic rings. The Morgan fingerprint density at radius 2 is 1.38 bits per heavy atom. The minimum absolute atomic E-state index is 0. The second-order valence-corrected chi connectivity index (χ2v) is 7.03. The minimum Gasteiger partial charge on any atom is -1.00 e. The SMILES string of the molecule is CCN(CC)c1ccc(-c2c3ccccc3[n+](C)c3ccccc23)c(OC)c1.[Br-]. The van der Waals surface area contributed by atoms with Crippen LogP contribution in [0.2, 0.25) is 0 Å². The molecule has 29 heavy (non-hydrogen) atoms. The number of pyridine rings is 1. The average Bonchev–Trinajstić information content (AvgIpc) is 2.75. The fraction of sp³-hybridized carbons (Fsp3) is 0.240. The highest BCUT2D eigenvalue weighted by atomic mass is 79.9. The summed E-state index contributed by atoms with van der Waals surface area (Å²) in [5, 5.41) is 2.47. The molecule has 0 aliphatic carbocycles. The van der Waals surface area contributed by atoms with Gasteiger partial charge < -0.3 is 26.6 Å². The zero-order chi connectivity index (χ0) is 19.7. The first-order chi connectivity index (χ1) is 13.7. The van der Waals surface area contributed by atoms with Gasteiger partial charge in [0.25, 0.3) is 0 Å².